The number of carbonyl (C=O) groups is 1. The zero-order chi connectivity index (χ0) is 10.8. The molecule has 14 heavy (non-hydrogen) atoms. The molecule has 0 aliphatic carbocycles. The summed E-state index contributed by atoms with van der Waals surface area (Å²) in [5, 5.41) is 0. The molecule has 3 heteroatoms. The topological polar surface area (TPSA) is 69.1 Å². The standard InChI is InChI=1S/C11H16N2O/c1-8-4-3-5-9(6-8)7-11(2,13)10(12)14/h3-6H,7,13H2,1-2H3,(H2,12,14)/t11-/m0/s1. The van der Waals surface area contributed by atoms with Crippen molar-refractivity contribution in [3.05, 3.63) is 35.4 Å². The summed E-state index contributed by atoms with van der Waals surface area (Å²) in [6.45, 7) is 3.65. The molecule has 0 bridgehead atoms. The number of hydrogen-bond acceptors (Lipinski definition) is 2. The van der Waals surface area contributed by atoms with E-state index in [0.29, 0.717) is 6.42 Å². The summed E-state index contributed by atoms with van der Waals surface area (Å²) >= 11 is 0. The number of hydrogen-bond donors (Lipinski definition) is 2. The van der Waals surface area contributed by atoms with Crippen molar-refractivity contribution in [1.29, 1.82) is 0 Å². The van der Waals surface area contributed by atoms with Crippen LogP contribution >= 0.6 is 0 Å². The van der Waals surface area contributed by atoms with E-state index in [9.17, 15) is 4.79 Å². The average molecular weight is 192 g/mol. The molecule has 1 rings (SSSR count). The molecule has 0 aliphatic rings. The number of benzene rings is 1. The summed E-state index contributed by atoms with van der Waals surface area (Å²) in [6.07, 6.45) is 0.476. The fourth-order valence-electron chi connectivity index (χ4n) is 1.33. The molecule has 0 saturated carbocycles. The summed E-state index contributed by atoms with van der Waals surface area (Å²) in [4.78, 5) is 11.0. The summed E-state index contributed by atoms with van der Waals surface area (Å²) in [6, 6.07) is 7.90. The lowest BCUT2D eigenvalue weighted by Gasteiger charge is -2.20. The van der Waals surface area contributed by atoms with Gasteiger partial charge in [0, 0.05) is 0 Å². The molecule has 1 aromatic carbocycles. The van der Waals surface area contributed by atoms with E-state index >= 15 is 0 Å². The molecule has 4 N–H and O–H groups in total. The van der Waals surface area contributed by atoms with Crippen molar-refractivity contribution in [3.8, 4) is 0 Å². The lowest BCUT2D eigenvalue weighted by Crippen LogP contribution is -2.51. The largest absolute Gasteiger partial charge is 0.368 e. The van der Waals surface area contributed by atoms with Gasteiger partial charge in [0.15, 0.2) is 0 Å². The zero-order valence-electron chi connectivity index (χ0n) is 8.58. The minimum atomic E-state index is -0.964. The first kappa shape index (κ1) is 10.7. The van der Waals surface area contributed by atoms with Gasteiger partial charge >= 0.3 is 0 Å². The van der Waals surface area contributed by atoms with E-state index in [2.05, 4.69) is 0 Å². The van der Waals surface area contributed by atoms with Gasteiger partial charge in [0.2, 0.25) is 5.91 Å². The molecule has 0 aliphatic heterocycles. The normalized spacial score (nSPS) is 14.8. The van der Waals surface area contributed by atoms with Crippen molar-refractivity contribution in [2.24, 2.45) is 11.5 Å². The predicted molar refractivity (Wildman–Crippen MR) is 56.7 cm³/mol. The number of aryl methyl sites for hydroxylation is 1. The van der Waals surface area contributed by atoms with Crippen LogP contribution in [0.15, 0.2) is 24.3 Å². The van der Waals surface area contributed by atoms with Gasteiger partial charge in [0.05, 0.1) is 5.54 Å². The SMILES string of the molecule is Cc1cccc(C[C@](C)(N)C(N)=O)c1. The molecule has 1 atom stereocenters. The van der Waals surface area contributed by atoms with Crippen molar-refractivity contribution in [2.45, 2.75) is 25.8 Å². The highest BCUT2D eigenvalue weighted by Crippen LogP contribution is 2.11. The second kappa shape index (κ2) is 3.80. The van der Waals surface area contributed by atoms with Crippen LogP contribution in [0.5, 0.6) is 0 Å². The smallest absolute Gasteiger partial charge is 0.237 e. The molecule has 0 radical (unpaired) electrons. The van der Waals surface area contributed by atoms with Gasteiger partial charge in [-0.1, -0.05) is 29.8 Å². The molecule has 1 amide bonds. The van der Waals surface area contributed by atoms with E-state index in [1.54, 1.807) is 6.92 Å². The Balaban J connectivity index is 2.83. The Labute approximate surface area is 84.1 Å². The van der Waals surface area contributed by atoms with Crippen molar-refractivity contribution in [2.75, 3.05) is 0 Å². The monoisotopic (exact) mass is 192 g/mol. The second-order valence-corrected chi connectivity index (χ2v) is 3.95. The third-order valence-electron chi connectivity index (χ3n) is 2.22. The quantitative estimate of drug-likeness (QED) is 0.741. The van der Waals surface area contributed by atoms with E-state index in [0.717, 1.165) is 11.1 Å². The molecule has 1 aromatic rings. The first-order valence-electron chi connectivity index (χ1n) is 4.56. The van der Waals surface area contributed by atoms with Gasteiger partial charge in [-0.25, -0.2) is 0 Å². The number of nitrogens with two attached hydrogens (primary N) is 2. The van der Waals surface area contributed by atoms with Crippen molar-refractivity contribution in [3.63, 3.8) is 0 Å². The van der Waals surface area contributed by atoms with Crippen LogP contribution in [0.2, 0.25) is 0 Å². The third-order valence-corrected chi connectivity index (χ3v) is 2.22. The van der Waals surface area contributed by atoms with E-state index < -0.39 is 11.4 Å². The Morgan fingerprint density at radius 1 is 1.50 bits per heavy atom. The first-order valence-corrected chi connectivity index (χ1v) is 4.56. The molecule has 0 spiro atoms. The summed E-state index contributed by atoms with van der Waals surface area (Å²) < 4.78 is 0. The third kappa shape index (κ3) is 2.57. The fourth-order valence-corrected chi connectivity index (χ4v) is 1.33. The van der Waals surface area contributed by atoms with Gasteiger partial charge in [0.1, 0.15) is 0 Å². The van der Waals surface area contributed by atoms with Gasteiger partial charge in [-0.15, -0.1) is 0 Å². The predicted octanol–water partition coefficient (Wildman–Crippen LogP) is 0.740. The maximum atomic E-state index is 11.0. The Bertz CT molecular complexity index is 345. The van der Waals surface area contributed by atoms with E-state index in [4.69, 9.17) is 11.5 Å². The van der Waals surface area contributed by atoms with Crippen LogP contribution in [0, 0.1) is 6.92 Å². The highest BCUT2D eigenvalue weighted by atomic mass is 16.1. The van der Waals surface area contributed by atoms with Crippen molar-refractivity contribution >= 4 is 5.91 Å². The van der Waals surface area contributed by atoms with Gasteiger partial charge in [0.25, 0.3) is 0 Å². The van der Waals surface area contributed by atoms with Crippen molar-refractivity contribution < 1.29 is 4.79 Å². The van der Waals surface area contributed by atoms with Crippen LogP contribution in [0.1, 0.15) is 18.1 Å². The van der Waals surface area contributed by atoms with Gasteiger partial charge in [-0.05, 0) is 25.8 Å². The van der Waals surface area contributed by atoms with Crippen LogP contribution in [-0.4, -0.2) is 11.4 Å². The fraction of sp³-hybridized carbons (Fsp3) is 0.364. The lowest BCUT2D eigenvalue weighted by atomic mass is 9.93. The summed E-state index contributed by atoms with van der Waals surface area (Å²) in [5.41, 5.74) is 12.2. The van der Waals surface area contributed by atoms with Crippen LogP contribution in [0.4, 0.5) is 0 Å². The molecule has 0 aromatic heterocycles. The van der Waals surface area contributed by atoms with E-state index in [-0.39, 0.29) is 0 Å². The van der Waals surface area contributed by atoms with Gasteiger partial charge in [-0.2, -0.15) is 0 Å². The van der Waals surface area contributed by atoms with Gasteiger partial charge in [-0.3, -0.25) is 4.79 Å². The summed E-state index contributed by atoms with van der Waals surface area (Å²) in [7, 11) is 0. The number of rotatable bonds is 3. The zero-order valence-corrected chi connectivity index (χ0v) is 8.58. The Morgan fingerprint density at radius 3 is 2.64 bits per heavy atom. The minimum absolute atomic E-state index is 0.473. The molecular weight excluding hydrogens is 176 g/mol. The Kier molecular flexibility index (Phi) is 2.91. The summed E-state index contributed by atoms with van der Waals surface area (Å²) in [5.74, 6) is -0.473. The highest BCUT2D eigenvalue weighted by Gasteiger charge is 2.25. The minimum Gasteiger partial charge on any atom is -0.368 e. The Morgan fingerprint density at radius 2 is 2.14 bits per heavy atom. The van der Waals surface area contributed by atoms with Crippen LogP contribution in [0.25, 0.3) is 0 Å². The number of carbonyl (C=O) groups excluding carboxylic acids is 1. The number of amides is 1. The average Bonchev–Trinajstić information content (AvgIpc) is 2.02. The maximum Gasteiger partial charge on any atom is 0.237 e. The Hall–Kier alpha value is -1.35. The van der Waals surface area contributed by atoms with Crippen molar-refractivity contribution in [1.82, 2.24) is 0 Å². The number of primary amides is 1. The second-order valence-electron chi connectivity index (χ2n) is 3.95. The first-order chi connectivity index (χ1) is 6.42. The molecule has 76 valence electrons. The van der Waals surface area contributed by atoms with E-state index in [1.807, 2.05) is 31.2 Å². The van der Waals surface area contributed by atoms with Crippen LogP contribution < -0.4 is 11.5 Å². The molecule has 0 fully saturated rings. The van der Waals surface area contributed by atoms with Crippen LogP contribution in [-0.2, 0) is 11.2 Å². The lowest BCUT2D eigenvalue weighted by molar-refractivity contribution is -0.122. The highest BCUT2D eigenvalue weighted by molar-refractivity contribution is 5.84. The van der Waals surface area contributed by atoms with Crippen LogP contribution in [0.3, 0.4) is 0 Å². The maximum absolute atomic E-state index is 11.0. The molecule has 0 heterocycles. The molecule has 0 unspecified atom stereocenters. The molecule has 0 saturated heterocycles. The van der Waals surface area contributed by atoms with Gasteiger partial charge < -0.3 is 11.5 Å². The molecule has 3 nitrogen and oxygen atoms in total. The molecular formula is C11H16N2O. The van der Waals surface area contributed by atoms with E-state index in [1.165, 1.54) is 0 Å².